The topological polar surface area (TPSA) is 175 Å². The molecule has 4 atom stereocenters. The smallest absolute Gasteiger partial charge is 0.329 e. The first-order valence-corrected chi connectivity index (χ1v) is 22.5. The lowest BCUT2D eigenvalue weighted by atomic mass is 9.85. The third-order valence-electron chi connectivity index (χ3n) is 13.9. The van der Waals surface area contributed by atoms with Crippen LogP contribution in [0.15, 0.2) is 53.7 Å². The van der Waals surface area contributed by atoms with E-state index in [0.717, 1.165) is 82.5 Å². The van der Waals surface area contributed by atoms with Gasteiger partial charge in [-0.25, -0.2) is 23.1 Å². The number of imidazole rings is 1. The highest BCUT2D eigenvalue weighted by molar-refractivity contribution is 6.08. The molecule has 1 unspecified atom stereocenters. The van der Waals surface area contributed by atoms with E-state index in [1.54, 1.807) is 28.7 Å². The molecule has 10 rings (SSSR count). The predicted octanol–water partition coefficient (Wildman–Crippen LogP) is 5.04. The Morgan fingerprint density at radius 1 is 1.06 bits per heavy atom. The van der Waals surface area contributed by atoms with Crippen LogP contribution < -0.4 is 21.2 Å². The van der Waals surface area contributed by atoms with Crippen LogP contribution in [-0.2, 0) is 26.1 Å². The molecular weight excluding hydrogens is 829 g/mol. The molecule has 8 heterocycles. The molecule has 4 saturated heterocycles. The minimum Gasteiger partial charge on any atom is -0.374 e. The highest BCUT2D eigenvalue weighted by Crippen LogP contribution is 2.37. The van der Waals surface area contributed by atoms with Gasteiger partial charge in [-0.2, -0.15) is 10.2 Å². The lowest BCUT2D eigenvalue weighted by molar-refractivity contribution is -0.135. The number of imide groups is 1. The number of rotatable bonds is 12. The van der Waals surface area contributed by atoms with Crippen molar-refractivity contribution in [2.24, 2.45) is 13.0 Å². The van der Waals surface area contributed by atoms with Crippen molar-refractivity contribution in [2.75, 3.05) is 43.0 Å². The maximum absolute atomic E-state index is 14.3. The first-order chi connectivity index (χ1) is 31.0. The number of halogens is 2. The number of nitrogens with zero attached hydrogens (tertiary/aromatic N) is 9. The van der Waals surface area contributed by atoms with Crippen LogP contribution in [0.3, 0.4) is 0 Å². The number of anilines is 2. The number of para-hydroxylation sites is 1. The number of ether oxygens (including phenoxy) is 2. The summed E-state index contributed by atoms with van der Waals surface area (Å²) in [6, 6.07) is 6.94. The summed E-state index contributed by atoms with van der Waals surface area (Å²) in [6.45, 7) is 6.21. The van der Waals surface area contributed by atoms with Crippen molar-refractivity contribution in [2.45, 2.75) is 108 Å². The number of piperidine rings is 2. The summed E-state index contributed by atoms with van der Waals surface area (Å²) in [4.78, 5) is 60.7. The Hall–Kier alpha value is -5.79. The van der Waals surface area contributed by atoms with E-state index in [4.69, 9.17) is 14.5 Å². The van der Waals surface area contributed by atoms with Crippen LogP contribution in [0.25, 0.3) is 22.8 Å². The van der Waals surface area contributed by atoms with Crippen molar-refractivity contribution in [1.29, 1.82) is 0 Å². The van der Waals surface area contributed by atoms with Gasteiger partial charge in [0.15, 0.2) is 11.3 Å². The van der Waals surface area contributed by atoms with Gasteiger partial charge in [0, 0.05) is 57.6 Å². The fourth-order valence-electron chi connectivity index (χ4n) is 10.5. The summed E-state index contributed by atoms with van der Waals surface area (Å²) in [7, 11) is 1.69. The largest absolute Gasteiger partial charge is 0.374 e. The quantitative estimate of drug-likeness (QED) is 0.161. The molecule has 3 amide bonds. The molecule has 1 aliphatic carbocycles. The molecule has 2 N–H and O–H groups in total. The van der Waals surface area contributed by atoms with Crippen LogP contribution in [-0.4, -0.2) is 113 Å². The Kier molecular flexibility index (Phi) is 11.4. The summed E-state index contributed by atoms with van der Waals surface area (Å²) in [5.74, 6) is -0.139. The Morgan fingerprint density at radius 3 is 2.61 bits per heavy atom. The van der Waals surface area contributed by atoms with Crippen LogP contribution in [0.2, 0.25) is 0 Å². The standard InChI is InChI=1S/C45H53F2N11O6/c1-26(6-9-28-4-3-5-35-40(28)53(2)45(62)58(35)36-12-13-38(59)51-44(36)61)64-31-14-17-54(18-15-31)22-27-7-10-29(11-8-27)57-24-34(39(52-57)41(46)47)49-43(60)33-21-48-56-19-16-37(50-42(33)56)55-23-32-20-30(55)25-63-32/h3-6,9,16,19,21,24,26-27,29-32,36,41H,7-8,10-15,17-18,20,22-23,25H2,1-2H3,(H,49,60)(H,51,59,61)/b9-6+/t26-,27-,29-,30-,32-,36?/m1/s1. The third kappa shape index (κ3) is 8.13. The first kappa shape index (κ1) is 42.2. The maximum Gasteiger partial charge on any atom is 0.329 e. The van der Waals surface area contributed by atoms with Gasteiger partial charge in [0.2, 0.25) is 11.8 Å². The summed E-state index contributed by atoms with van der Waals surface area (Å²) >= 11 is 0. The number of fused-ring (bicyclic) bond motifs is 4. The number of aryl methyl sites for hydroxylation is 1. The van der Waals surface area contributed by atoms with E-state index in [9.17, 15) is 28.0 Å². The van der Waals surface area contributed by atoms with E-state index in [0.29, 0.717) is 29.2 Å². The predicted molar refractivity (Wildman–Crippen MR) is 232 cm³/mol. The molecule has 5 fully saturated rings. The van der Waals surface area contributed by atoms with E-state index < -0.39 is 30.0 Å². The molecule has 19 heteroatoms. The van der Waals surface area contributed by atoms with Crippen molar-refractivity contribution in [3.8, 4) is 0 Å². The summed E-state index contributed by atoms with van der Waals surface area (Å²) < 4.78 is 47.0. The Bertz CT molecular complexity index is 2670. The minimum absolute atomic E-state index is 0.00688. The highest BCUT2D eigenvalue weighted by atomic mass is 19.3. The molecule has 5 aliphatic rings. The van der Waals surface area contributed by atoms with E-state index >= 15 is 0 Å². The van der Waals surface area contributed by atoms with Gasteiger partial charge in [0.25, 0.3) is 12.3 Å². The number of hydrogen-bond acceptors (Lipinski definition) is 11. The van der Waals surface area contributed by atoms with Gasteiger partial charge in [-0.3, -0.25) is 33.5 Å². The number of morpholine rings is 1. The molecule has 1 saturated carbocycles. The average molecular weight is 882 g/mol. The minimum atomic E-state index is -2.86. The van der Waals surface area contributed by atoms with Gasteiger partial charge < -0.3 is 24.6 Å². The van der Waals surface area contributed by atoms with Gasteiger partial charge in [-0.1, -0.05) is 24.3 Å². The molecule has 0 spiro atoms. The number of benzene rings is 1. The lowest BCUT2D eigenvalue weighted by Crippen LogP contribution is -2.44. The fraction of sp³-hybridized carbons (Fsp3) is 0.533. The number of likely N-dealkylation sites (tertiary alicyclic amines) is 1. The highest BCUT2D eigenvalue weighted by Gasteiger charge is 2.40. The van der Waals surface area contributed by atoms with Gasteiger partial charge in [0.1, 0.15) is 17.4 Å². The number of carbonyl (C=O) groups excluding carboxylic acids is 3. The number of alkyl halides is 2. The molecule has 1 aromatic carbocycles. The van der Waals surface area contributed by atoms with E-state index in [-0.39, 0.29) is 66.1 Å². The van der Waals surface area contributed by atoms with Crippen LogP contribution in [0.5, 0.6) is 0 Å². The van der Waals surface area contributed by atoms with Crippen molar-refractivity contribution in [3.63, 3.8) is 0 Å². The second-order valence-corrected chi connectivity index (χ2v) is 18.0. The third-order valence-corrected chi connectivity index (χ3v) is 13.9. The number of hydrogen-bond donors (Lipinski definition) is 2. The van der Waals surface area contributed by atoms with E-state index in [1.807, 2.05) is 43.3 Å². The van der Waals surface area contributed by atoms with Crippen LogP contribution in [0.4, 0.5) is 20.3 Å². The van der Waals surface area contributed by atoms with Gasteiger partial charge >= 0.3 is 5.69 Å². The fourth-order valence-corrected chi connectivity index (χ4v) is 10.5. The molecule has 0 radical (unpaired) electrons. The van der Waals surface area contributed by atoms with Gasteiger partial charge in [-0.15, -0.1) is 0 Å². The molecule has 5 aromatic rings. The number of nitrogens with one attached hydrogen (secondary N) is 2. The second kappa shape index (κ2) is 17.3. The number of amides is 3. The SMILES string of the molecule is C[C@H](/C=C/c1cccc2c1n(C)c(=O)n2C1CCC(=O)NC1=O)OC1CCN(C[C@H]2CC[C@H](n3cc(NC(=O)c4cnn5ccc(N6C[C@H]7C[C@@H]6CO7)nc45)c(C(F)F)n3)CC2)CC1. The molecular formula is C45H53F2N11O6. The maximum atomic E-state index is 14.3. The summed E-state index contributed by atoms with van der Waals surface area (Å²) in [5.41, 5.74) is 1.98. The van der Waals surface area contributed by atoms with Crippen LogP contribution in [0, 0.1) is 5.92 Å². The Morgan fingerprint density at radius 2 is 1.88 bits per heavy atom. The van der Waals surface area contributed by atoms with E-state index in [1.165, 1.54) is 15.3 Å². The zero-order valence-electron chi connectivity index (χ0n) is 35.9. The zero-order chi connectivity index (χ0) is 44.2. The first-order valence-electron chi connectivity index (χ1n) is 22.5. The summed E-state index contributed by atoms with van der Waals surface area (Å²) in [6.07, 6.45) is 12.7. The molecule has 338 valence electrons. The molecule has 2 bridgehead atoms. The molecule has 64 heavy (non-hydrogen) atoms. The van der Waals surface area contributed by atoms with Crippen molar-refractivity contribution >= 4 is 52.0 Å². The van der Waals surface area contributed by atoms with Gasteiger partial charge in [-0.05, 0) is 76.3 Å². The summed E-state index contributed by atoms with van der Waals surface area (Å²) in [5, 5.41) is 13.6. The van der Waals surface area contributed by atoms with E-state index in [2.05, 4.69) is 30.6 Å². The van der Waals surface area contributed by atoms with Gasteiger partial charge in [0.05, 0.1) is 59.9 Å². The molecule has 4 aromatic heterocycles. The van der Waals surface area contributed by atoms with Crippen molar-refractivity contribution in [1.82, 2.24) is 43.7 Å². The Balaban J connectivity index is 0.704. The number of carbonyl (C=O) groups is 3. The van der Waals surface area contributed by atoms with Crippen LogP contribution >= 0.6 is 0 Å². The monoisotopic (exact) mass is 881 g/mol. The molecule has 17 nitrogen and oxygen atoms in total. The second-order valence-electron chi connectivity index (χ2n) is 18.0. The molecule has 4 aliphatic heterocycles. The average Bonchev–Trinajstić information content (AvgIpc) is 4.14. The zero-order valence-corrected chi connectivity index (χ0v) is 35.9. The van der Waals surface area contributed by atoms with Crippen LogP contribution in [0.1, 0.15) is 105 Å². The van der Waals surface area contributed by atoms with Crippen molar-refractivity contribution < 1.29 is 32.6 Å². The lowest BCUT2D eigenvalue weighted by Gasteiger charge is -2.37. The Labute approximate surface area is 367 Å². The number of aromatic nitrogens is 7. The normalized spacial score (nSPS) is 25.1. The van der Waals surface area contributed by atoms with Crippen molar-refractivity contribution in [3.05, 3.63) is 76.2 Å².